The highest BCUT2D eigenvalue weighted by molar-refractivity contribution is 9.10. The normalized spacial score (nSPS) is 13.3. The first-order valence-corrected chi connectivity index (χ1v) is 14.5. The first-order chi connectivity index (χ1) is 13.2. The van der Waals surface area contributed by atoms with E-state index in [0.29, 0.717) is 0 Å². The van der Waals surface area contributed by atoms with Crippen molar-refractivity contribution in [2.24, 2.45) is 0 Å². The Morgan fingerprint density at radius 2 is 1.43 bits per heavy atom. The number of aryl methyl sites for hydroxylation is 1. The van der Waals surface area contributed by atoms with Gasteiger partial charge in [-0.3, -0.25) is 0 Å². The van der Waals surface area contributed by atoms with Crippen LogP contribution in [0, 0.1) is 6.92 Å². The van der Waals surface area contributed by atoms with E-state index in [-0.39, 0.29) is 10.6 Å². The maximum Gasteiger partial charge on any atom is 0.240 e. The lowest BCUT2D eigenvalue weighted by Gasteiger charge is -2.34. The lowest BCUT2D eigenvalue weighted by Crippen LogP contribution is -2.54. The average Bonchev–Trinajstić information content (AvgIpc) is 2.68. The second-order valence-corrected chi connectivity index (χ2v) is 14.6. The van der Waals surface area contributed by atoms with E-state index in [1.165, 1.54) is 5.19 Å². The lowest BCUT2D eigenvalue weighted by molar-refractivity contribution is 0.577. The summed E-state index contributed by atoms with van der Waals surface area (Å²) in [6.45, 7) is 6.34. The fourth-order valence-electron chi connectivity index (χ4n) is 3.28. The molecule has 0 bridgehead atoms. The number of hydrogen-bond acceptors (Lipinski definition) is 2. The highest BCUT2D eigenvalue weighted by Gasteiger charge is 2.38. The minimum atomic E-state index is -3.67. The molecule has 0 aliphatic rings. The Bertz CT molecular complexity index is 1050. The number of hydrogen-bond donors (Lipinski definition) is 1. The first kappa shape index (κ1) is 21.0. The van der Waals surface area contributed by atoms with Gasteiger partial charge in [-0.25, -0.2) is 13.1 Å². The molecule has 28 heavy (non-hydrogen) atoms. The van der Waals surface area contributed by atoms with Crippen molar-refractivity contribution in [3.8, 4) is 0 Å². The van der Waals surface area contributed by atoms with Gasteiger partial charge in [0, 0.05) is 10.1 Å². The fraction of sp³-hybridized carbons (Fsp3) is 0.182. The van der Waals surface area contributed by atoms with Gasteiger partial charge in [0.1, 0.15) is 8.07 Å². The SMILES string of the molecule is Cc1ccc(S(=O)(=O)N[C@@H](c2ccccc2Br)[Si](C)(C)c2ccccc2)cc1. The summed E-state index contributed by atoms with van der Waals surface area (Å²) in [6, 6.07) is 25.0. The van der Waals surface area contributed by atoms with Crippen LogP contribution >= 0.6 is 15.9 Å². The highest BCUT2D eigenvalue weighted by Crippen LogP contribution is 2.32. The van der Waals surface area contributed by atoms with E-state index in [1.54, 1.807) is 12.1 Å². The third-order valence-electron chi connectivity index (χ3n) is 5.06. The third-order valence-corrected chi connectivity index (χ3v) is 11.2. The summed E-state index contributed by atoms with van der Waals surface area (Å²) >= 11 is 3.62. The standard InChI is InChI=1S/C22H24BrNO2SSi/c1-17-13-15-18(16-14-17)27(25,26)24-22(20-11-7-8-12-21(20)23)28(2,3)19-9-5-4-6-10-19/h4-16,22,24H,1-3H3/t22-/m1/s1. The summed E-state index contributed by atoms with van der Waals surface area (Å²) in [5.74, 6) is 0. The van der Waals surface area contributed by atoms with Crippen LogP contribution in [-0.4, -0.2) is 16.5 Å². The summed E-state index contributed by atoms with van der Waals surface area (Å²) in [6.07, 6.45) is 0. The van der Waals surface area contributed by atoms with Crippen LogP contribution in [-0.2, 0) is 10.0 Å². The Hall–Kier alpha value is -1.73. The molecular formula is C22H24BrNO2SSi. The van der Waals surface area contributed by atoms with Gasteiger partial charge in [-0.05, 0) is 30.7 Å². The van der Waals surface area contributed by atoms with Gasteiger partial charge in [-0.2, -0.15) is 0 Å². The molecule has 0 heterocycles. The molecule has 0 aliphatic carbocycles. The second kappa shape index (κ2) is 8.33. The van der Waals surface area contributed by atoms with Crippen molar-refractivity contribution in [3.05, 3.63) is 94.5 Å². The van der Waals surface area contributed by atoms with Crippen molar-refractivity contribution in [2.75, 3.05) is 0 Å². The number of sulfonamides is 1. The molecule has 146 valence electrons. The number of benzene rings is 3. The van der Waals surface area contributed by atoms with Crippen LogP contribution in [0.1, 0.15) is 16.8 Å². The van der Waals surface area contributed by atoms with Gasteiger partial charge in [0.05, 0.1) is 4.90 Å². The Labute approximate surface area is 177 Å². The number of rotatable bonds is 6. The van der Waals surface area contributed by atoms with Crippen molar-refractivity contribution in [1.29, 1.82) is 0 Å². The summed E-state index contributed by atoms with van der Waals surface area (Å²) in [4.78, 5) is 0.285. The molecule has 0 radical (unpaired) electrons. The van der Waals surface area contributed by atoms with E-state index >= 15 is 0 Å². The van der Waals surface area contributed by atoms with Gasteiger partial charge >= 0.3 is 0 Å². The average molecular weight is 474 g/mol. The summed E-state index contributed by atoms with van der Waals surface area (Å²) in [7, 11) is -5.92. The molecule has 6 heteroatoms. The molecule has 3 rings (SSSR count). The van der Waals surface area contributed by atoms with Crippen LogP contribution < -0.4 is 9.91 Å². The van der Waals surface area contributed by atoms with E-state index in [1.807, 2.05) is 61.5 Å². The highest BCUT2D eigenvalue weighted by atomic mass is 79.9. The van der Waals surface area contributed by atoms with Crippen molar-refractivity contribution in [3.63, 3.8) is 0 Å². The predicted molar refractivity (Wildman–Crippen MR) is 122 cm³/mol. The third kappa shape index (κ3) is 4.46. The van der Waals surface area contributed by atoms with Gasteiger partial charge in [-0.1, -0.05) is 100 Å². The van der Waals surface area contributed by atoms with Crippen molar-refractivity contribution in [1.82, 2.24) is 4.72 Å². The minimum absolute atomic E-state index is 0.285. The molecule has 0 spiro atoms. The van der Waals surface area contributed by atoms with Gasteiger partial charge in [0.2, 0.25) is 10.0 Å². The van der Waals surface area contributed by atoms with Gasteiger partial charge < -0.3 is 0 Å². The molecular weight excluding hydrogens is 450 g/mol. The van der Waals surface area contributed by atoms with Crippen molar-refractivity contribution >= 4 is 39.2 Å². The topological polar surface area (TPSA) is 46.2 Å². The van der Waals surface area contributed by atoms with Crippen LogP contribution in [0.3, 0.4) is 0 Å². The second-order valence-electron chi connectivity index (χ2n) is 7.48. The first-order valence-electron chi connectivity index (χ1n) is 9.11. The van der Waals surface area contributed by atoms with Crippen LogP contribution in [0.2, 0.25) is 13.1 Å². The smallest absolute Gasteiger partial charge is 0.207 e. The Balaban J connectivity index is 2.09. The van der Waals surface area contributed by atoms with Crippen LogP contribution in [0.5, 0.6) is 0 Å². The molecule has 0 saturated heterocycles. The summed E-state index contributed by atoms with van der Waals surface area (Å²) < 4.78 is 30.4. The molecule has 0 aliphatic heterocycles. The van der Waals surface area contributed by atoms with Crippen molar-refractivity contribution in [2.45, 2.75) is 30.6 Å². The van der Waals surface area contributed by atoms with E-state index in [9.17, 15) is 8.42 Å². The maximum absolute atomic E-state index is 13.2. The lowest BCUT2D eigenvalue weighted by atomic mass is 10.2. The molecule has 0 amide bonds. The monoisotopic (exact) mass is 473 g/mol. The number of halogens is 1. The molecule has 1 N–H and O–H groups in total. The van der Waals surface area contributed by atoms with E-state index < -0.39 is 18.1 Å². The van der Waals surface area contributed by atoms with E-state index in [2.05, 4.69) is 45.9 Å². The zero-order valence-corrected chi connectivity index (χ0v) is 19.6. The molecule has 3 aromatic carbocycles. The molecule has 1 atom stereocenters. The molecule has 0 saturated carbocycles. The van der Waals surface area contributed by atoms with E-state index in [0.717, 1.165) is 15.6 Å². The van der Waals surface area contributed by atoms with Crippen molar-refractivity contribution < 1.29 is 8.42 Å². The minimum Gasteiger partial charge on any atom is -0.207 e. The zero-order valence-electron chi connectivity index (χ0n) is 16.2. The summed E-state index contributed by atoms with van der Waals surface area (Å²) in [5, 5.41) is 1.20. The van der Waals surface area contributed by atoms with Crippen LogP contribution in [0.4, 0.5) is 0 Å². The summed E-state index contributed by atoms with van der Waals surface area (Å²) in [5.41, 5.74) is 1.66. The van der Waals surface area contributed by atoms with Gasteiger partial charge in [0.15, 0.2) is 0 Å². The maximum atomic E-state index is 13.2. The molecule has 0 aromatic heterocycles. The zero-order chi connectivity index (χ0) is 20.4. The molecule has 3 aromatic rings. The largest absolute Gasteiger partial charge is 0.240 e. The quantitative estimate of drug-likeness (QED) is 0.515. The van der Waals surface area contributed by atoms with Gasteiger partial charge in [-0.15, -0.1) is 0 Å². The molecule has 0 fully saturated rings. The van der Waals surface area contributed by atoms with E-state index in [4.69, 9.17) is 0 Å². The van der Waals surface area contributed by atoms with Gasteiger partial charge in [0.25, 0.3) is 0 Å². The molecule has 3 nitrogen and oxygen atoms in total. The Morgan fingerprint density at radius 3 is 2.04 bits per heavy atom. The predicted octanol–water partition coefficient (Wildman–Crippen LogP) is 4.93. The number of nitrogens with one attached hydrogen (secondary N) is 1. The Morgan fingerprint density at radius 1 is 0.857 bits per heavy atom. The Kier molecular flexibility index (Phi) is 6.24. The fourth-order valence-corrected chi connectivity index (χ4v) is 9.13. The molecule has 0 unspecified atom stereocenters. The van der Waals surface area contributed by atoms with Crippen LogP contribution in [0.25, 0.3) is 0 Å². The van der Waals surface area contributed by atoms with Crippen LogP contribution in [0.15, 0.2) is 88.2 Å².